The van der Waals surface area contributed by atoms with E-state index in [4.69, 9.17) is 4.74 Å². The van der Waals surface area contributed by atoms with E-state index in [-0.39, 0.29) is 11.3 Å². The number of fused-ring (bicyclic) bond motifs is 1. The molecule has 0 radical (unpaired) electrons. The lowest BCUT2D eigenvalue weighted by Crippen LogP contribution is -2.19. The Labute approximate surface area is 162 Å². The van der Waals surface area contributed by atoms with Crippen LogP contribution < -0.4 is 10.2 Å². The van der Waals surface area contributed by atoms with E-state index >= 15 is 0 Å². The maximum absolute atomic E-state index is 12.5. The molecule has 0 unspecified atom stereocenters. The minimum absolute atomic E-state index is 0.163. The summed E-state index contributed by atoms with van der Waals surface area (Å²) < 4.78 is 4.74. The first kappa shape index (κ1) is 17.7. The van der Waals surface area contributed by atoms with Crippen LogP contribution in [-0.2, 0) is 11.2 Å². The molecule has 1 amide bonds. The van der Waals surface area contributed by atoms with E-state index in [0.29, 0.717) is 11.5 Å². The molecular weight excluding hydrogens is 356 g/mol. The molecule has 2 heterocycles. The van der Waals surface area contributed by atoms with Crippen molar-refractivity contribution in [3.05, 3.63) is 77.5 Å². The number of esters is 1. The molecule has 7 heteroatoms. The van der Waals surface area contributed by atoms with Gasteiger partial charge < -0.3 is 15.0 Å². The molecule has 3 aromatic rings. The fourth-order valence-electron chi connectivity index (χ4n) is 3.23. The lowest BCUT2D eigenvalue weighted by molar-refractivity contribution is 0.0602. The molecule has 1 aliphatic heterocycles. The van der Waals surface area contributed by atoms with E-state index in [2.05, 4.69) is 26.5 Å². The SMILES string of the molecule is COC(=O)c1ccccc1NC(=O)c1ccc(N2CCc3ccccc32)nn1. The van der Waals surface area contributed by atoms with Crippen LogP contribution in [0.25, 0.3) is 0 Å². The highest BCUT2D eigenvalue weighted by Gasteiger charge is 2.22. The van der Waals surface area contributed by atoms with Crippen LogP contribution in [0.3, 0.4) is 0 Å². The first-order chi connectivity index (χ1) is 13.7. The number of carbonyl (C=O) groups is 2. The van der Waals surface area contributed by atoms with Gasteiger partial charge in [0.25, 0.3) is 5.91 Å². The molecule has 28 heavy (non-hydrogen) atoms. The summed E-state index contributed by atoms with van der Waals surface area (Å²) in [6.07, 6.45) is 0.949. The van der Waals surface area contributed by atoms with E-state index in [1.54, 1.807) is 36.4 Å². The van der Waals surface area contributed by atoms with Gasteiger partial charge in [-0.1, -0.05) is 30.3 Å². The van der Waals surface area contributed by atoms with Crippen molar-refractivity contribution >= 4 is 29.1 Å². The molecule has 140 valence electrons. The Hall–Kier alpha value is -3.74. The molecule has 1 aromatic heterocycles. The monoisotopic (exact) mass is 374 g/mol. The Morgan fingerprint density at radius 2 is 1.79 bits per heavy atom. The number of nitrogens with one attached hydrogen (secondary N) is 1. The van der Waals surface area contributed by atoms with Gasteiger partial charge in [-0.15, -0.1) is 10.2 Å². The zero-order valence-electron chi connectivity index (χ0n) is 15.3. The quantitative estimate of drug-likeness (QED) is 0.706. The Morgan fingerprint density at radius 1 is 1.00 bits per heavy atom. The maximum Gasteiger partial charge on any atom is 0.339 e. The second-order valence-electron chi connectivity index (χ2n) is 6.30. The van der Waals surface area contributed by atoms with Crippen LogP contribution in [-0.4, -0.2) is 35.7 Å². The highest BCUT2D eigenvalue weighted by molar-refractivity contribution is 6.07. The minimum Gasteiger partial charge on any atom is -0.465 e. The van der Waals surface area contributed by atoms with Crippen molar-refractivity contribution < 1.29 is 14.3 Å². The van der Waals surface area contributed by atoms with Crippen LogP contribution in [0.4, 0.5) is 17.2 Å². The van der Waals surface area contributed by atoms with Gasteiger partial charge in [-0.2, -0.15) is 0 Å². The third-order valence-corrected chi connectivity index (χ3v) is 4.63. The van der Waals surface area contributed by atoms with Gasteiger partial charge in [0.05, 0.1) is 18.4 Å². The molecule has 0 bridgehead atoms. The Balaban J connectivity index is 1.52. The number of methoxy groups -OCH3 is 1. The second-order valence-corrected chi connectivity index (χ2v) is 6.30. The van der Waals surface area contributed by atoms with Gasteiger partial charge in [0, 0.05) is 12.2 Å². The summed E-state index contributed by atoms with van der Waals surface area (Å²) >= 11 is 0. The van der Waals surface area contributed by atoms with Crippen LogP contribution in [0.15, 0.2) is 60.7 Å². The molecule has 7 nitrogen and oxygen atoms in total. The zero-order chi connectivity index (χ0) is 19.5. The molecule has 0 fully saturated rings. The van der Waals surface area contributed by atoms with E-state index in [0.717, 1.165) is 18.7 Å². The Morgan fingerprint density at radius 3 is 2.57 bits per heavy atom. The van der Waals surface area contributed by atoms with Crippen LogP contribution in [0.2, 0.25) is 0 Å². The van der Waals surface area contributed by atoms with Crippen LogP contribution in [0, 0.1) is 0 Å². The lowest BCUT2D eigenvalue weighted by Gasteiger charge is -2.17. The van der Waals surface area contributed by atoms with Crippen LogP contribution in [0.5, 0.6) is 0 Å². The van der Waals surface area contributed by atoms with Crippen molar-refractivity contribution in [3.8, 4) is 0 Å². The summed E-state index contributed by atoms with van der Waals surface area (Å²) in [5.74, 6) is -0.279. The molecule has 0 saturated carbocycles. The van der Waals surface area contributed by atoms with Gasteiger partial charge in [-0.25, -0.2) is 4.79 Å². The first-order valence-electron chi connectivity index (χ1n) is 8.85. The van der Waals surface area contributed by atoms with Crippen LogP contribution >= 0.6 is 0 Å². The highest BCUT2D eigenvalue weighted by atomic mass is 16.5. The van der Waals surface area contributed by atoms with Gasteiger partial charge >= 0.3 is 5.97 Å². The predicted octanol–water partition coefficient (Wildman–Crippen LogP) is 3.21. The number of rotatable bonds is 4. The number of carbonyl (C=O) groups excluding carboxylic acids is 2. The third kappa shape index (κ3) is 3.29. The van der Waals surface area contributed by atoms with Crippen molar-refractivity contribution in [1.82, 2.24) is 10.2 Å². The Kier molecular flexibility index (Phi) is 4.72. The van der Waals surface area contributed by atoms with Gasteiger partial charge in [0.15, 0.2) is 11.5 Å². The average molecular weight is 374 g/mol. The van der Waals surface area contributed by atoms with E-state index < -0.39 is 11.9 Å². The van der Waals surface area contributed by atoms with Crippen molar-refractivity contribution in [1.29, 1.82) is 0 Å². The van der Waals surface area contributed by atoms with Crippen molar-refractivity contribution in [3.63, 3.8) is 0 Å². The molecule has 0 atom stereocenters. The molecule has 0 spiro atoms. The highest BCUT2D eigenvalue weighted by Crippen LogP contribution is 2.32. The largest absolute Gasteiger partial charge is 0.465 e. The molecule has 1 aliphatic rings. The normalized spacial score (nSPS) is 12.4. The average Bonchev–Trinajstić information content (AvgIpc) is 3.18. The Bertz CT molecular complexity index is 1030. The van der Waals surface area contributed by atoms with Crippen LogP contribution in [0.1, 0.15) is 26.4 Å². The molecule has 4 rings (SSSR count). The van der Waals surface area contributed by atoms with Gasteiger partial charge in [0.1, 0.15) is 0 Å². The van der Waals surface area contributed by atoms with Gasteiger partial charge in [0.2, 0.25) is 0 Å². The summed E-state index contributed by atoms with van der Waals surface area (Å²) in [6.45, 7) is 0.825. The number of nitrogens with zero attached hydrogens (tertiary/aromatic N) is 3. The summed E-state index contributed by atoms with van der Waals surface area (Å²) in [5.41, 5.74) is 3.18. The number of ether oxygens (including phenoxy) is 1. The fraction of sp³-hybridized carbons (Fsp3) is 0.143. The molecule has 0 saturated heterocycles. The number of hydrogen-bond donors (Lipinski definition) is 1. The van der Waals surface area contributed by atoms with Crippen molar-refractivity contribution in [2.45, 2.75) is 6.42 Å². The minimum atomic E-state index is -0.523. The molecular formula is C21H18N4O3. The topological polar surface area (TPSA) is 84.4 Å². The summed E-state index contributed by atoms with van der Waals surface area (Å²) in [7, 11) is 1.29. The number of hydrogen-bond acceptors (Lipinski definition) is 6. The first-order valence-corrected chi connectivity index (χ1v) is 8.85. The number of para-hydroxylation sites is 2. The summed E-state index contributed by atoms with van der Waals surface area (Å²) in [6, 6.07) is 18.2. The van der Waals surface area contributed by atoms with Crippen molar-refractivity contribution in [2.75, 3.05) is 23.9 Å². The molecule has 0 aliphatic carbocycles. The summed E-state index contributed by atoms with van der Waals surface area (Å²) in [5, 5.41) is 11.0. The smallest absolute Gasteiger partial charge is 0.339 e. The van der Waals surface area contributed by atoms with E-state index in [9.17, 15) is 9.59 Å². The van der Waals surface area contributed by atoms with Gasteiger partial charge in [-0.3, -0.25) is 4.79 Å². The maximum atomic E-state index is 12.5. The standard InChI is InChI=1S/C21H18N4O3/c1-28-21(27)15-7-3-4-8-16(15)22-20(26)17-10-11-19(24-23-17)25-13-12-14-6-2-5-9-18(14)25/h2-11H,12-13H2,1H3,(H,22,26). The fourth-order valence-corrected chi connectivity index (χ4v) is 3.23. The number of anilines is 3. The second kappa shape index (κ2) is 7.48. The summed E-state index contributed by atoms with van der Waals surface area (Å²) in [4.78, 5) is 26.4. The predicted molar refractivity (Wildman–Crippen MR) is 105 cm³/mol. The lowest BCUT2D eigenvalue weighted by atomic mass is 10.1. The van der Waals surface area contributed by atoms with Crippen molar-refractivity contribution in [2.24, 2.45) is 0 Å². The molecule has 1 N–H and O–H groups in total. The third-order valence-electron chi connectivity index (χ3n) is 4.63. The van der Waals surface area contributed by atoms with E-state index in [1.165, 1.54) is 12.7 Å². The number of amides is 1. The number of aromatic nitrogens is 2. The van der Waals surface area contributed by atoms with E-state index in [1.807, 2.05) is 18.2 Å². The van der Waals surface area contributed by atoms with Gasteiger partial charge in [-0.05, 0) is 42.3 Å². The molecule has 2 aromatic carbocycles. The zero-order valence-corrected chi connectivity index (χ0v) is 15.3. The number of benzene rings is 2.